The van der Waals surface area contributed by atoms with Crippen LogP contribution >= 0.6 is 34.8 Å². The SMILES string of the molecule is COc1ccc(Cl)cc1N(CC(=O)N(Cc1ccc(Cl)c(Cl)c1)[C@H](Cc1ccccc1)C(=O)NC1CCCCC1)S(=O)(=O)c1ccc(C)cc1. The number of nitrogens with one attached hydrogen (secondary N) is 1. The second-order valence-electron chi connectivity index (χ2n) is 12.5. The lowest BCUT2D eigenvalue weighted by molar-refractivity contribution is -0.140. The summed E-state index contributed by atoms with van der Waals surface area (Å²) in [6.45, 7) is 1.15. The minimum atomic E-state index is -4.35. The van der Waals surface area contributed by atoms with E-state index in [1.165, 1.54) is 30.2 Å². The molecular formula is C38H40Cl3N3O5S. The Bertz CT molecular complexity index is 1900. The Hall–Kier alpha value is -3.76. The van der Waals surface area contributed by atoms with Gasteiger partial charge in [0.2, 0.25) is 11.8 Å². The Morgan fingerprint density at radius 3 is 2.22 bits per heavy atom. The molecule has 4 aromatic carbocycles. The molecule has 1 aliphatic rings. The third kappa shape index (κ3) is 9.31. The highest BCUT2D eigenvalue weighted by Gasteiger charge is 2.36. The molecule has 8 nitrogen and oxygen atoms in total. The normalized spacial score (nSPS) is 14.1. The second kappa shape index (κ2) is 17.0. The number of anilines is 1. The lowest BCUT2D eigenvalue weighted by atomic mass is 9.94. The first-order valence-corrected chi connectivity index (χ1v) is 19.0. The maximum Gasteiger partial charge on any atom is 0.264 e. The summed E-state index contributed by atoms with van der Waals surface area (Å²) in [4.78, 5) is 30.5. The number of aryl methyl sites for hydroxylation is 1. The number of benzene rings is 4. The van der Waals surface area contributed by atoms with Gasteiger partial charge < -0.3 is 15.0 Å². The zero-order valence-electron chi connectivity index (χ0n) is 27.9. The summed E-state index contributed by atoms with van der Waals surface area (Å²) in [5, 5.41) is 4.08. The largest absolute Gasteiger partial charge is 0.495 e. The van der Waals surface area contributed by atoms with Gasteiger partial charge in [0, 0.05) is 24.0 Å². The van der Waals surface area contributed by atoms with Crippen LogP contribution in [0.3, 0.4) is 0 Å². The standard InChI is InChI=1S/C38H40Cl3N3O5S/c1-26-13-17-31(18-14-26)50(47,48)44(34-23-29(39)16-20-36(34)49-2)25-37(45)43(24-28-15-19-32(40)33(41)21-28)35(22-27-9-5-3-6-10-27)38(46)42-30-11-7-4-8-12-30/h3,5-6,9-10,13-21,23,30,35H,4,7-8,11-12,22,24-25H2,1-2H3,(H,42,46)/t35-/m1/s1. The number of methoxy groups -OCH3 is 1. The average molecular weight is 757 g/mol. The number of amides is 2. The van der Waals surface area contributed by atoms with Crippen molar-refractivity contribution in [3.05, 3.63) is 123 Å². The van der Waals surface area contributed by atoms with Gasteiger partial charge in [0.1, 0.15) is 18.3 Å². The van der Waals surface area contributed by atoms with Crippen LogP contribution in [-0.4, -0.2) is 50.9 Å². The van der Waals surface area contributed by atoms with Gasteiger partial charge in [0.15, 0.2) is 0 Å². The molecule has 0 saturated heterocycles. The summed E-state index contributed by atoms with van der Waals surface area (Å²) in [6, 6.07) is 24.3. The molecule has 5 rings (SSSR count). The number of carbonyl (C=O) groups excluding carboxylic acids is 2. The highest BCUT2D eigenvalue weighted by atomic mass is 35.5. The molecule has 0 spiro atoms. The number of halogens is 3. The van der Waals surface area contributed by atoms with Crippen LogP contribution in [-0.2, 0) is 32.6 Å². The first-order valence-electron chi connectivity index (χ1n) is 16.5. The molecule has 1 saturated carbocycles. The molecular weight excluding hydrogens is 717 g/mol. The summed E-state index contributed by atoms with van der Waals surface area (Å²) in [5.74, 6) is -0.735. The lowest BCUT2D eigenvalue weighted by Gasteiger charge is -2.35. The number of hydrogen-bond donors (Lipinski definition) is 1. The molecule has 264 valence electrons. The van der Waals surface area contributed by atoms with Crippen molar-refractivity contribution in [3.63, 3.8) is 0 Å². The molecule has 1 aliphatic carbocycles. The fraction of sp³-hybridized carbons (Fsp3) is 0.316. The Balaban J connectivity index is 1.61. The zero-order chi connectivity index (χ0) is 35.8. The van der Waals surface area contributed by atoms with Crippen molar-refractivity contribution < 1.29 is 22.7 Å². The minimum Gasteiger partial charge on any atom is -0.495 e. The number of sulfonamides is 1. The zero-order valence-corrected chi connectivity index (χ0v) is 31.0. The first-order chi connectivity index (χ1) is 24.0. The first kappa shape index (κ1) is 37.5. The number of carbonyl (C=O) groups is 2. The van der Waals surface area contributed by atoms with Gasteiger partial charge in [-0.1, -0.05) is 108 Å². The van der Waals surface area contributed by atoms with Gasteiger partial charge in [-0.25, -0.2) is 8.42 Å². The number of nitrogens with zero attached hydrogens (tertiary/aromatic N) is 2. The Kier molecular flexibility index (Phi) is 12.7. The number of ether oxygens (including phenoxy) is 1. The van der Waals surface area contributed by atoms with Crippen molar-refractivity contribution in [2.45, 2.75) is 69.0 Å². The monoisotopic (exact) mass is 755 g/mol. The third-order valence-electron chi connectivity index (χ3n) is 8.86. The molecule has 2 amide bonds. The topological polar surface area (TPSA) is 96.0 Å². The summed E-state index contributed by atoms with van der Waals surface area (Å²) in [5.41, 5.74) is 2.40. The van der Waals surface area contributed by atoms with E-state index in [1.54, 1.807) is 42.5 Å². The molecule has 1 atom stereocenters. The van der Waals surface area contributed by atoms with E-state index < -0.39 is 28.5 Å². The van der Waals surface area contributed by atoms with Gasteiger partial charge in [-0.05, 0) is 73.4 Å². The van der Waals surface area contributed by atoms with E-state index in [4.69, 9.17) is 39.5 Å². The highest BCUT2D eigenvalue weighted by molar-refractivity contribution is 7.92. The van der Waals surface area contributed by atoms with Crippen LogP contribution in [0.4, 0.5) is 5.69 Å². The molecule has 50 heavy (non-hydrogen) atoms. The van der Waals surface area contributed by atoms with Crippen molar-refractivity contribution in [1.29, 1.82) is 0 Å². The van der Waals surface area contributed by atoms with E-state index >= 15 is 0 Å². The van der Waals surface area contributed by atoms with E-state index in [0.29, 0.717) is 10.6 Å². The van der Waals surface area contributed by atoms with Gasteiger partial charge in [-0.15, -0.1) is 0 Å². The highest BCUT2D eigenvalue weighted by Crippen LogP contribution is 2.35. The minimum absolute atomic E-state index is 0.0226. The van der Waals surface area contributed by atoms with Gasteiger partial charge in [-0.2, -0.15) is 0 Å². The van der Waals surface area contributed by atoms with Crippen LogP contribution in [0.15, 0.2) is 95.9 Å². The van der Waals surface area contributed by atoms with Crippen molar-refractivity contribution >= 4 is 62.3 Å². The van der Waals surface area contributed by atoms with E-state index in [1.807, 2.05) is 37.3 Å². The van der Waals surface area contributed by atoms with E-state index in [-0.39, 0.29) is 51.3 Å². The van der Waals surface area contributed by atoms with Crippen molar-refractivity contribution in [3.8, 4) is 5.75 Å². The molecule has 12 heteroatoms. The lowest BCUT2D eigenvalue weighted by Crippen LogP contribution is -2.55. The smallest absolute Gasteiger partial charge is 0.264 e. The maximum absolute atomic E-state index is 14.8. The second-order valence-corrected chi connectivity index (χ2v) is 15.6. The Morgan fingerprint density at radius 2 is 1.56 bits per heavy atom. The van der Waals surface area contributed by atoms with Gasteiger partial charge in [0.25, 0.3) is 10.0 Å². The average Bonchev–Trinajstić information content (AvgIpc) is 3.11. The number of rotatable bonds is 13. The molecule has 0 bridgehead atoms. The molecule has 4 aromatic rings. The third-order valence-corrected chi connectivity index (χ3v) is 11.6. The predicted octanol–water partition coefficient (Wildman–Crippen LogP) is 8.25. The molecule has 0 heterocycles. The fourth-order valence-corrected chi connectivity index (χ4v) is 8.05. The maximum atomic E-state index is 14.8. The number of hydrogen-bond acceptors (Lipinski definition) is 5. The molecule has 0 aromatic heterocycles. The van der Waals surface area contributed by atoms with Gasteiger partial charge in [-0.3, -0.25) is 13.9 Å². The van der Waals surface area contributed by atoms with Crippen molar-refractivity contribution in [2.24, 2.45) is 0 Å². The molecule has 1 fully saturated rings. The van der Waals surface area contributed by atoms with Crippen LogP contribution in [0, 0.1) is 6.92 Å². The van der Waals surface area contributed by atoms with Gasteiger partial charge >= 0.3 is 0 Å². The Labute approximate surface area is 309 Å². The fourth-order valence-electron chi connectivity index (χ4n) is 6.14. The van der Waals surface area contributed by atoms with Crippen LogP contribution in [0.1, 0.15) is 48.8 Å². The van der Waals surface area contributed by atoms with E-state index in [2.05, 4.69) is 5.32 Å². The predicted molar refractivity (Wildman–Crippen MR) is 200 cm³/mol. The van der Waals surface area contributed by atoms with Crippen LogP contribution in [0.2, 0.25) is 15.1 Å². The molecule has 0 unspecified atom stereocenters. The van der Waals surface area contributed by atoms with Crippen LogP contribution in [0.25, 0.3) is 0 Å². The van der Waals surface area contributed by atoms with Crippen molar-refractivity contribution in [2.75, 3.05) is 18.0 Å². The van der Waals surface area contributed by atoms with Crippen LogP contribution in [0.5, 0.6) is 5.75 Å². The summed E-state index contributed by atoms with van der Waals surface area (Å²) >= 11 is 19.0. The molecule has 0 aliphatic heterocycles. The Morgan fingerprint density at radius 1 is 0.860 bits per heavy atom. The van der Waals surface area contributed by atoms with Gasteiger partial charge in [0.05, 0.1) is 27.7 Å². The summed E-state index contributed by atoms with van der Waals surface area (Å²) < 4.78 is 35.4. The van der Waals surface area contributed by atoms with Crippen LogP contribution < -0.4 is 14.4 Å². The molecule has 1 N–H and O–H groups in total. The van der Waals surface area contributed by atoms with Crippen molar-refractivity contribution in [1.82, 2.24) is 10.2 Å². The quantitative estimate of drug-likeness (QED) is 0.148. The summed E-state index contributed by atoms with van der Waals surface area (Å²) in [6.07, 6.45) is 5.02. The summed E-state index contributed by atoms with van der Waals surface area (Å²) in [7, 11) is -2.94. The van der Waals surface area contributed by atoms with E-state index in [9.17, 15) is 18.0 Å². The van der Waals surface area contributed by atoms with E-state index in [0.717, 1.165) is 47.5 Å². The molecule has 0 radical (unpaired) electrons.